The number of nitrogens with one attached hydrogen (secondary N) is 1. The topological polar surface area (TPSA) is 46.9 Å². The van der Waals surface area contributed by atoms with Crippen molar-refractivity contribution >= 4 is 11.6 Å². The van der Waals surface area contributed by atoms with E-state index in [1.165, 1.54) is 12.8 Å². The first kappa shape index (κ1) is 12.9. The molecule has 20 heavy (non-hydrogen) atoms. The molecule has 1 aliphatic rings. The summed E-state index contributed by atoms with van der Waals surface area (Å²) < 4.78 is 1.87. The van der Waals surface area contributed by atoms with Crippen LogP contribution in [0.15, 0.2) is 42.7 Å². The lowest BCUT2D eigenvalue weighted by Crippen LogP contribution is -2.20. The predicted molar refractivity (Wildman–Crippen MR) is 78.4 cm³/mol. The van der Waals surface area contributed by atoms with E-state index in [0.717, 1.165) is 30.6 Å². The lowest BCUT2D eigenvalue weighted by molar-refractivity contribution is -0.119. The van der Waals surface area contributed by atoms with Gasteiger partial charge in [-0.2, -0.15) is 5.10 Å². The molecule has 1 aliphatic carbocycles. The second-order valence-electron chi connectivity index (χ2n) is 5.37. The fraction of sp³-hybridized carbons (Fsp3) is 0.375. The first-order valence-corrected chi connectivity index (χ1v) is 7.18. The molecule has 0 saturated heterocycles. The number of benzene rings is 1. The number of carbonyl (C=O) groups excluding carboxylic acids is 1. The highest BCUT2D eigenvalue weighted by molar-refractivity contribution is 5.92. The Morgan fingerprint density at radius 1 is 1.30 bits per heavy atom. The zero-order valence-corrected chi connectivity index (χ0v) is 11.5. The number of carbonyl (C=O) groups is 1. The molecule has 104 valence electrons. The molecule has 0 unspecified atom stereocenters. The molecular formula is C16H19N3O. The predicted octanol–water partition coefficient (Wildman–Crippen LogP) is 3.06. The van der Waals surface area contributed by atoms with Crippen molar-refractivity contribution in [1.29, 1.82) is 0 Å². The van der Waals surface area contributed by atoms with Gasteiger partial charge in [-0.15, -0.1) is 0 Å². The van der Waals surface area contributed by atoms with E-state index in [2.05, 4.69) is 10.4 Å². The van der Waals surface area contributed by atoms with Gasteiger partial charge in [0, 0.05) is 24.0 Å². The third-order valence-corrected chi connectivity index (χ3v) is 3.82. The average molecular weight is 269 g/mol. The third kappa shape index (κ3) is 3.07. The first-order valence-electron chi connectivity index (χ1n) is 7.18. The quantitative estimate of drug-likeness (QED) is 0.927. The fourth-order valence-corrected chi connectivity index (χ4v) is 2.76. The molecule has 1 aromatic heterocycles. The molecule has 0 radical (unpaired) electrons. The highest BCUT2D eigenvalue weighted by Gasteiger charge is 2.22. The van der Waals surface area contributed by atoms with Crippen molar-refractivity contribution < 1.29 is 4.79 Å². The molecule has 3 rings (SSSR count). The van der Waals surface area contributed by atoms with E-state index >= 15 is 0 Å². The van der Waals surface area contributed by atoms with Gasteiger partial charge in [-0.25, -0.2) is 0 Å². The van der Waals surface area contributed by atoms with Crippen molar-refractivity contribution in [3.8, 4) is 0 Å². The van der Waals surface area contributed by atoms with Gasteiger partial charge in [0.2, 0.25) is 5.91 Å². The molecule has 0 bridgehead atoms. The van der Waals surface area contributed by atoms with E-state index in [1.807, 2.05) is 41.2 Å². The monoisotopic (exact) mass is 269 g/mol. The van der Waals surface area contributed by atoms with E-state index in [9.17, 15) is 4.79 Å². The van der Waals surface area contributed by atoms with E-state index in [-0.39, 0.29) is 11.8 Å². The average Bonchev–Trinajstić information content (AvgIpc) is 3.12. The summed E-state index contributed by atoms with van der Waals surface area (Å²) in [6.45, 7) is 0.722. The number of amides is 1. The Bertz CT molecular complexity index is 571. The maximum atomic E-state index is 12.1. The molecular weight excluding hydrogens is 250 g/mol. The summed E-state index contributed by atoms with van der Waals surface area (Å²) in [4.78, 5) is 12.1. The van der Waals surface area contributed by atoms with Gasteiger partial charge in [0.1, 0.15) is 0 Å². The molecule has 0 atom stereocenters. The third-order valence-electron chi connectivity index (χ3n) is 3.82. The van der Waals surface area contributed by atoms with Crippen LogP contribution in [0.1, 0.15) is 31.2 Å². The molecule has 2 aromatic rings. The normalized spacial score (nSPS) is 15.4. The van der Waals surface area contributed by atoms with Gasteiger partial charge >= 0.3 is 0 Å². The van der Waals surface area contributed by atoms with Gasteiger partial charge in [-0.05, 0) is 36.6 Å². The molecule has 1 amide bonds. The van der Waals surface area contributed by atoms with Crippen molar-refractivity contribution in [3.05, 3.63) is 48.3 Å². The zero-order chi connectivity index (χ0) is 13.8. The summed E-state index contributed by atoms with van der Waals surface area (Å²) in [5, 5.41) is 7.23. The molecule has 1 aromatic carbocycles. The highest BCUT2D eigenvalue weighted by Crippen LogP contribution is 2.26. The Morgan fingerprint density at radius 3 is 2.90 bits per heavy atom. The number of nitrogens with zero attached hydrogens (tertiary/aromatic N) is 2. The standard InChI is InChI=1S/C16H19N3O/c20-16(14-6-1-2-7-14)18-15-8-3-5-13(11-15)12-19-10-4-9-17-19/h3-5,8-11,14H,1-2,6-7,12H2,(H,18,20). The first-order chi connectivity index (χ1) is 9.81. The number of hydrogen-bond donors (Lipinski definition) is 1. The van der Waals surface area contributed by atoms with Crippen LogP contribution in [0.3, 0.4) is 0 Å². The minimum absolute atomic E-state index is 0.165. The van der Waals surface area contributed by atoms with Gasteiger partial charge in [0.25, 0.3) is 0 Å². The van der Waals surface area contributed by atoms with Crippen LogP contribution in [0.25, 0.3) is 0 Å². The molecule has 1 heterocycles. The van der Waals surface area contributed by atoms with E-state index in [1.54, 1.807) is 6.20 Å². The molecule has 1 fully saturated rings. The molecule has 4 heteroatoms. The largest absolute Gasteiger partial charge is 0.326 e. The summed E-state index contributed by atoms with van der Waals surface area (Å²) in [6.07, 6.45) is 8.11. The van der Waals surface area contributed by atoms with Crippen molar-refractivity contribution in [2.24, 2.45) is 5.92 Å². The van der Waals surface area contributed by atoms with Gasteiger partial charge in [-0.3, -0.25) is 9.48 Å². The van der Waals surface area contributed by atoms with Crippen LogP contribution < -0.4 is 5.32 Å². The van der Waals surface area contributed by atoms with Gasteiger partial charge in [-0.1, -0.05) is 25.0 Å². The van der Waals surface area contributed by atoms with Gasteiger partial charge < -0.3 is 5.32 Å². The Balaban J connectivity index is 1.66. The maximum absolute atomic E-state index is 12.1. The second-order valence-corrected chi connectivity index (χ2v) is 5.37. The van der Waals surface area contributed by atoms with E-state index in [4.69, 9.17) is 0 Å². The Hall–Kier alpha value is -2.10. The minimum Gasteiger partial charge on any atom is -0.326 e. The van der Waals surface area contributed by atoms with Crippen molar-refractivity contribution in [3.63, 3.8) is 0 Å². The van der Waals surface area contributed by atoms with Crippen LogP contribution in [-0.4, -0.2) is 15.7 Å². The summed E-state index contributed by atoms with van der Waals surface area (Å²) >= 11 is 0. The summed E-state index contributed by atoms with van der Waals surface area (Å²) in [6, 6.07) is 9.90. The van der Waals surface area contributed by atoms with Gasteiger partial charge in [0.15, 0.2) is 0 Å². The summed E-state index contributed by atoms with van der Waals surface area (Å²) in [7, 11) is 0. The maximum Gasteiger partial charge on any atom is 0.227 e. The van der Waals surface area contributed by atoms with Crippen LogP contribution in [0.2, 0.25) is 0 Å². The smallest absolute Gasteiger partial charge is 0.227 e. The molecule has 4 nitrogen and oxygen atoms in total. The second kappa shape index (κ2) is 5.90. The summed E-state index contributed by atoms with van der Waals surface area (Å²) in [5.74, 6) is 0.364. The lowest BCUT2D eigenvalue weighted by atomic mass is 10.1. The van der Waals surface area contributed by atoms with Crippen LogP contribution >= 0.6 is 0 Å². The SMILES string of the molecule is O=C(Nc1cccc(Cn2cccn2)c1)C1CCCC1. The Morgan fingerprint density at radius 2 is 2.15 bits per heavy atom. The minimum atomic E-state index is 0.165. The Kier molecular flexibility index (Phi) is 3.81. The highest BCUT2D eigenvalue weighted by atomic mass is 16.1. The van der Waals surface area contributed by atoms with E-state index in [0.29, 0.717) is 0 Å². The molecule has 0 aliphatic heterocycles. The Labute approximate surface area is 118 Å². The number of anilines is 1. The van der Waals surface area contributed by atoms with Crippen molar-refractivity contribution in [2.75, 3.05) is 5.32 Å². The van der Waals surface area contributed by atoms with Crippen LogP contribution in [0.5, 0.6) is 0 Å². The number of rotatable bonds is 4. The van der Waals surface area contributed by atoms with Gasteiger partial charge in [0.05, 0.1) is 6.54 Å². The van der Waals surface area contributed by atoms with Crippen LogP contribution in [0, 0.1) is 5.92 Å². The lowest BCUT2D eigenvalue weighted by Gasteiger charge is -2.11. The number of aromatic nitrogens is 2. The number of hydrogen-bond acceptors (Lipinski definition) is 2. The summed E-state index contributed by atoms with van der Waals surface area (Å²) in [5.41, 5.74) is 2.02. The fourth-order valence-electron chi connectivity index (χ4n) is 2.76. The zero-order valence-electron chi connectivity index (χ0n) is 11.5. The van der Waals surface area contributed by atoms with Crippen LogP contribution in [0.4, 0.5) is 5.69 Å². The molecule has 0 spiro atoms. The van der Waals surface area contributed by atoms with Crippen molar-refractivity contribution in [2.45, 2.75) is 32.2 Å². The van der Waals surface area contributed by atoms with E-state index < -0.39 is 0 Å². The molecule has 1 saturated carbocycles. The molecule has 1 N–H and O–H groups in total. The van der Waals surface area contributed by atoms with Crippen molar-refractivity contribution in [1.82, 2.24) is 9.78 Å². The van der Waals surface area contributed by atoms with Crippen LogP contribution in [-0.2, 0) is 11.3 Å².